The first-order chi connectivity index (χ1) is 11.2. The fourth-order valence-electron chi connectivity index (χ4n) is 3.32. The average Bonchev–Trinajstić information content (AvgIpc) is 3.36. The highest BCUT2D eigenvalue weighted by molar-refractivity contribution is 4.79. The molecule has 1 atom stereocenters. The normalized spacial score (nSPS) is 21.9. The van der Waals surface area contributed by atoms with Gasteiger partial charge < -0.3 is 10.0 Å². The van der Waals surface area contributed by atoms with Gasteiger partial charge in [0.2, 0.25) is 0 Å². The number of hydrogen-bond acceptors (Lipinski definition) is 4. The third kappa shape index (κ3) is 7.88. The van der Waals surface area contributed by atoms with E-state index in [0.717, 1.165) is 32.1 Å². The first kappa shape index (κ1) is 19.0. The van der Waals surface area contributed by atoms with Crippen molar-refractivity contribution in [2.45, 2.75) is 31.8 Å². The largest absolute Gasteiger partial charge is 0.390 e. The number of alkyl halides is 2. The number of halogens is 2. The van der Waals surface area contributed by atoms with E-state index in [1.165, 1.54) is 25.8 Å². The van der Waals surface area contributed by atoms with Crippen molar-refractivity contribution < 1.29 is 13.9 Å². The molecule has 2 rings (SSSR count). The Bertz CT molecular complexity index is 310. The van der Waals surface area contributed by atoms with Crippen LogP contribution in [0.2, 0.25) is 0 Å². The molecular formula is C17H33F2N3O. The van der Waals surface area contributed by atoms with E-state index in [2.05, 4.69) is 9.80 Å². The van der Waals surface area contributed by atoms with Crippen LogP contribution < -0.4 is 0 Å². The number of nitrogens with zero attached hydrogens (tertiary/aromatic N) is 3. The zero-order valence-electron chi connectivity index (χ0n) is 14.3. The molecule has 0 spiro atoms. The van der Waals surface area contributed by atoms with Crippen LogP contribution in [0.15, 0.2) is 0 Å². The summed E-state index contributed by atoms with van der Waals surface area (Å²) in [5, 5.41) is 10.2. The average molecular weight is 333 g/mol. The molecule has 1 heterocycles. The Balaban J connectivity index is 1.59. The molecule has 0 aromatic carbocycles. The predicted molar refractivity (Wildman–Crippen MR) is 89.2 cm³/mol. The van der Waals surface area contributed by atoms with Crippen LogP contribution >= 0.6 is 0 Å². The van der Waals surface area contributed by atoms with E-state index in [0.29, 0.717) is 26.1 Å². The van der Waals surface area contributed by atoms with Gasteiger partial charge >= 0.3 is 0 Å². The third-order valence-electron chi connectivity index (χ3n) is 4.96. The maximum Gasteiger partial charge on any atom is 0.102 e. The zero-order chi connectivity index (χ0) is 16.5. The van der Waals surface area contributed by atoms with E-state index in [1.807, 2.05) is 4.90 Å². The molecule has 1 N–H and O–H groups in total. The molecule has 136 valence electrons. The molecule has 4 nitrogen and oxygen atoms in total. The Morgan fingerprint density at radius 2 is 1.70 bits per heavy atom. The Morgan fingerprint density at radius 1 is 1.00 bits per heavy atom. The number of β-amino-alcohol motifs (C(OH)–C–C–N with tert-alkyl or cyclic N) is 1. The van der Waals surface area contributed by atoms with E-state index in [1.54, 1.807) is 0 Å². The van der Waals surface area contributed by atoms with Gasteiger partial charge in [0.1, 0.15) is 6.67 Å². The molecule has 1 unspecified atom stereocenters. The van der Waals surface area contributed by atoms with Crippen LogP contribution in [0.1, 0.15) is 25.7 Å². The maximum absolute atomic E-state index is 12.5. The minimum absolute atomic E-state index is 0.284. The third-order valence-corrected chi connectivity index (χ3v) is 4.96. The predicted octanol–water partition coefficient (Wildman–Crippen LogP) is 1.40. The van der Waals surface area contributed by atoms with Crippen molar-refractivity contribution in [3.8, 4) is 0 Å². The van der Waals surface area contributed by atoms with Crippen molar-refractivity contribution in [3.05, 3.63) is 0 Å². The van der Waals surface area contributed by atoms with Crippen LogP contribution in [0.5, 0.6) is 0 Å². The van der Waals surface area contributed by atoms with Crippen molar-refractivity contribution in [3.63, 3.8) is 0 Å². The van der Waals surface area contributed by atoms with E-state index in [4.69, 9.17) is 0 Å². The first-order valence-corrected chi connectivity index (χ1v) is 9.18. The van der Waals surface area contributed by atoms with Crippen molar-refractivity contribution in [2.24, 2.45) is 5.92 Å². The van der Waals surface area contributed by atoms with Crippen molar-refractivity contribution in [1.82, 2.24) is 14.7 Å². The summed E-state index contributed by atoms with van der Waals surface area (Å²) in [6, 6.07) is 0. The van der Waals surface area contributed by atoms with Crippen LogP contribution in [-0.4, -0.2) is 98.2 Å². The lowest BCUT2D eigenvalue weighted by Crippen LogP contribution is -2.50. The fraction of sp³-hybridized carbons (Fsp3) is 1.00. The summed E-state index contributed by atoms with van der Waals surface area (Å²) in [7, 11) is 0. The number of aliphatic hydroxyl groups is 1. The van der Waals surface area contributed by atoms with Crippen molar-refractivity contribution in [2.75, 3.05) is 72.3 Å². The molecule has 6 heteroatoms. The molecule has 1 saturated carbocycles. The molecular weight excluding hydrogens is 300 g/mol. The molecule has 2 aliphatic rings. The second kappa shape index (κ2) is 10.5. The highest BCUT2D eigenvalue weighted by atomic mass is 19.1. The number of hydrogen-bond donors (Lipinski definition) is 1. The molecule has 1 saturated heterocycles. The minimum Gasteiger partial charge on any atom is -0.390 e. The van der Waals surface area contributed by atoms with E-state index in [-0.39, 0.29) is 13.2 Å². The Kier molecular flexibility index (Phi) is 8.72. The van der Waals surface area contributed by atoms with Gasteiger partial charge in [-0.1, -0.05) is 12.8 Å². The molecule has 0 amide bonds. The van der Waals surface area contributed by atoms with Gasteiger partial charge in [-0.2, -0.15) is 0 Å². The van der Waals surface area contributed by atoms with Gasteiger partial charge in [0.05, 0.1) is 12.8 Å². The lowest BCUT2D eigenvalue weighted by molar-refractivity contribution is 0.0480. The summed E-state index contributed by atoms with van der Waals surface area (Å²) in [6.45, 7) is 6.41. The summed E-state index contributed by atoms with van der Waals surface area (Å²) in [6.07, 6.45) is 4.11. The molecule has 0 aromatic heterocycles. The number of piperazine rings is 1. The second-order valence-electron chi connectivity index (χ2n) is 7.06. The highest BCUT2D eigenvalue weighted by Gasteiger charge is 2.24. The van der Waals surface area contributed by atoms with E-state index in [9.17, 15) is 13.9 Å². The summed E-state index contributed by atoms with van der Waals surface area (Å²) in [5.41, 5.74) is 0. The second-order valence-corrected chi connectivity index (χ2v) is 7.06. The topological polar surface area (TPSA) is 30.0 Å². The summed E-state index contributed by atoms with van der Waals surface area (Å²) >= 11 is 0. The van der Waals surface area contributed by atoms with Gasteiger partial charge in [0.25, 0.3) is 0 Å². The van der Waals surface area contributed by atoms with Crippen molar-refractivity contribution in [1.29, 1.82) is 0 Å². The van der Waals surface area contributed by atoms with Gasteiger partial charge in [-0.3, -0.25) is 14.2 Å². The van der Waals surface area contributed by atoms with E-state index < -0.39 is 12.8 Å². The van der Waals surface area contributed by atoms with Crippen LogP contribution in [0.4, 0.5) is 8.78 Å². The SMILES string of the molecule is OC(CN(CCF)CCCF)CN1CCN(CCC2CC2)CC1. The summed E-state index contributed by atoms with van der Waals surface area (Å²) in [4.78, 5) is 6.65. The van der Waals surface area contributed by atoms with Gasteiger partial charge in [0, 0.05) is 52.4 Å². The summed E-state index contributed by atoms with van der Waals surface area (Å²) < 4.78 is 24.8. The summed E-state index contributed by atoms with van der Waals surface area (Å²) in [5.74, 6) is 0.987. The van der Waals surface area contributed by atoms with Crippen molar-refractivity contribution >= 4 is 0 Å². The smallest absolute Gasteiger partial charge is 0.102 e. The lowest BCUT2D eigenvalue weighted by atomic mass is 10.2. The van der Waals surface area contributed by atoms with E-state index >= 15 is 0 Å². The zero-order valence-corrected chi connectivity index (χ0v) is 14.3. The highest BCUT2D eigenvalue weighted by Crippen LogP contribution is 2.32. The number of rotatable bonds is 12. The van der Waals surface area contributed by atoms with Crippen LogP contribution in [0.25, 0.3) is 0 Å². The molecule has 0 radical (unpaired) electrons. The molecule has 0 bridgehead atoms. The van der Waals surface area contributed by atoms with Crippen LogP contribution in [0.3, 0.4) is 0 Å². The number of aliphatic hydroxyl groups excluding tert-OH is 1. The quantitative estimate of drug-likeness (QED) is 0.585. The maximum atomic E-state index is 12.5. The lowest BCUT2D eigenvalue weighted by Gasteiger charge is -2.36. The van der Waals surface area contributed by atoms with Gasteiger partial charge in [0.15, 0.2) is 0 Å². The molecule has 0 aromatic rings. The minimum atomic E-state index is -0.487. The fourth-order valence-corrected chi connectivity index (χ4v) is 3.32. The first-order valence-electron chi connectivity index (χ1n) is 9.18. The Labute approximate surface area is 139 Å². The van der Waals surface area contributed by atoms with Gasteiger partial charge in [-0.25, -0.2) is 4.39 Å². The molecule has 1 aliphatic heterocycles. The molecule has 1 aliphatic carbocycles. The monoisotopic (exact) mass is 333 g/mol. The van der Waals surface area contributed by atoms with Crippen LogP contribution in [-0.2, 0) is 0 Å². The Morgan fingerprint density at radius 3 is 2.30 bits per heavy atom. The molecule has 23 heavy (non-hydrogen) atoms. The van der Waals surface area contributed by atoms with Gasteiger partial charge in [-0.15, -0.1) is 0 Å². The van der Waals surface area contributed by atoms with Crippen LogP contribution in [0, 0.1) is 5.92 Å². The standard InChI is InChI=1S/C17H33F2N3O/c18-5-1-7-21(9-6-19)14-17(23)15-22-12-10-20(11-13-22)8-4-16-2-3-16/h16-17,23H,1-15H2. The molecule has 2 fully saturated rings. The Hall–Kier alpha value is -0.300. The van der Waals surface area contributed by atoms with Gasteiger partial charge in [-0.05, 0) is 25.3 Å².